The van der Waals surface area contributed by atoms with Gasteiger partial charge in [0.15, 0.2) is 11.5 Å². The van der Waals surface area contributed by atoms with Crippen molar-refractivity contribution in [3.05, 3.63) is 57.9 Å². The van der Waals surface area contributed by atoms with Gasteiger partial charge in [-0.2, -0.15) is 16.4 Å². The van der Waals surface area contributed by atoms with Crippen LogP contribution in [0.25, 0.3) is 0 Å². The number of hydrogen-bond acceptors (Lipinski definition) is 5. The molecule has 1 N–H and O–H groups in total. The topological polar surface area (TPSA) is 65.4 Å². The molecule has 1 unspecified atom stereocenters. The summed E-state index contributed by atoms with van der Waals surface area (Å²) in [4.78, 5) is 12.2. The molecule has 0 radical (unpaired) electrons. The predicted octanol–water partition coefficient (Wildman–Crippen LogP) is 3.20. The summed E-state index contributed by atoms with van der Waals surface area (Å²) in [7, 11) is 0. The van der Waals surface area contributed by atoms with Gasteiger partial charge in [-0.25, -0.2) is 4.68 Å². The largest absolute Gasteiger partial charge is 0.454 e. The number of thiophene rings is 1. The number of benzene rings is 1. The first kappa shape index (κ1) is 14.5. The summed E-state index contributed by atoms with van der Waals surface area (Å²) in [6.07, 6.45) is 2.32. The van der Waals surface area contributed by atoms with Crippen LogP contribution in [-0.4, -0.2) is 22.5 Å². The molecule has 0 fully saturated rings. The summed E-state index contributed by atoms with van der Waals surface area (Å²) in [5.74, 6) is 2.39. The van der Waals surface area contributed by atoms with Gasteiger partial charge in [-0.1, -0.05) is 6.07 Å². The number of nitrogens with one attached hydrogen (secondary N) is 1. The third-order valence-electron chi connectivity index (χ3n) is 4.61. The molecule has 0 saturated carbocycles. The summed E-state index contributed by atoms with van der Waals surface area (Å²) >= 11 is 1.65. The highest BCUT2D eigenvalue weighted by molar-refractivity contribution is 7.08. The summed E-state index contributed by atoms with van der Waals surface area (Å²) in [6.45, 7) is 0.816. The van der Waals surface area contributed by atoms with Crippen LogP contribution in [0.15, 0.2) is 41.2 Å². The second-order valence-corrected chi connectivity index (χ2v) is 6.94. The molecule has 2 aliphatic rings. The number of fused-ring (bicyclic) bond motifs is 2. The van der Waals surface area contributed by atoms with Crippen LogP contribution in [0.2, 0.25) is 0 Å². The lowest BCUT2D eigenvalue weighted by Gasteiger charge is -2.23. The van der Waals surface area contributed by atoms with Crippen LogP contribution >= 0.6 is 11.3 Å². The molecule has 1 aromatic carbocycles. The van der Waals surface area contributed by atoms with E-state index in [-0.39, 0.29) is 18.6 Å². The van der Waals surface area contributed by atoms with E-state index in [9.17, 15) is 4.79 Å². The SMILES string of the molecule is O=C1CC(c2ccsc2)c2cnn(Cc3ccc4c(c3)OCO4)c2N1. The number of carbonyl (C=O) groups excluding carboxylic acids is 1. The molecule has 0 spiro atoms. The van der Waals surface area contributed by atoms with Crippen LogP contribution in [0.5, 0.6) is 11.5 Å². The van der Waals surface area contributed by atoms with E-state index < -0.39 is 0 Å². The predicted molar refractivity (Wildman–Crippen MR) is 93.3 cm³/mol. The number of aromatic nitrogens is 2. The van der Waals surface area contributed by atoms with Crippen molar-refractivity contribution >= 4 is 23.1 Å². The van der Waals surface area contributed by atoms with Crippen molar-refractivity contribution in [1.82, 2.24) is 9.78 Å². The Labute approximate surface area is 148 Å². The molecule has 3 aromatic rings. The Morgan fingerprint density at radius 1 is 1.28 bits per heavy atom. The summed E-state index contributed by atoms with van der Waals surface area (Å²) in [6, 6.07) is 7.92. The molecule has 7 heteroatoms. The van der Waals surface area contributed by atoms with E-state index >= 15 is 0 Å². The fourth-order valence-electron chi connectivity index (χ4n) is 3.37. The molecular weight excluding hydrogens is 338 g/mol. The first-order chi connectivity index (χ1) is 12.3. The minimum Gasteiger partial charge on any atom is -0.454 e. The first-order valence-corrected chi connectivity index (χ1v) is 8.98. The van der Waals surface area contributed by atoms with Crippen molar-refractivity contribution in [2.45, 2.75) is 18.9 Å². The highest BCUT2D eigenvalue weighted by Crippen LogP contribution is 2.38. The van der Waals surface area contributed by atoms with Gasteiger partial charge in [0, 0.05) is 17.9 Å². The molecule has 0 aliphatic carbocycles. The zero-order valence-corrected chi connectivity index (χ0v) is 14.1. The lowest BCUT2D eigenvalue weighted by atomic mass is 9.89. The molecule has 0 saturated heterocycles. The number of nitrogens with zero attached hydrogens (tertiary/aromatic N) is 2. The van der Waals surface area contributed by atoms with Gasteiger partial charge in [0.1, 0.15) is 5.82 Å². The van der Waals surface area contributed by atoms with Gasteiger partial charge in [0.2, 0.25) is 12.7 Å². The van der Waals surface area contributed by atoms with E-state index in [2.05, 4.69) is 21.9 Å². The van der Waals surface area contributed by atoms with Crippen LogP contribution in [0, 0.1) is 0 Å². The molecule has 2 aliphatic heterocycles. The Morgan fingerprint density at radius 2 is 2.20 bits per heavy atom. The lowest BCUT2D eigenvalue weighted by molar-refractivity contribution is -0.116. The average Bonchev–Trinajstić information content (AvgIpc) is 3.35. The van der Waals surface area contributed by atoms with Crippen molar-refractivity contribution in [1.29, 1.82) is 0 Å². The molecule has 6 nitrogen and oxygen atoms in total. The van der Waals surface area contributed by atoms with E-state index in [1.165, 1.54) is 5.56 Å². The zero-order chi connectivity index (χ0) is 16.8. The number of carbonyl (C=O) groups is 1. The lowest BCUT2D eigenvalue weighted by Crippen LogP contribution is -2.24. The van der Waals surface area contributed by atoms with Gasteiger partial charge in [-0.3, -0.25) is 4.79 Å². The highest BCUT2D eigenvalue weighted by Gasteiger charge is 2.30. The molecule has 2 aromatic heterocycles. The molecule has 0 bridgehead atoms. The number of hydrogen-bond donors (Lipinski definition) is 1. The monoisotopic (exact) mass is 353 g/mol. The van der Waals surface area contributed by atoms with Crippen molar-refractivity contribution in [2.75, 3.05) is 12.1 Å². The van der Waals surface area contributed by atoms with Gasteiger partial charge < -0.3 is 14.8 Å². The summed E-state index contributed by atoms with van der Waals surface area (Å²) < 4.78 is 12.6. The standard InChI is InChI=1S/C18H15N3O3S/c22-17-6-13(12-3-4-25-9-12)14-7-19-21(18(14)20-17)8-11-1-2-15-16(5-11)24-10-23-15/h1-5,7,9,13H,6,8,10H2,(H,20,22). The normalized spacial score (nSPS) is 18.1. The van der Waals surface area contributed by atoms with Crippen LogP contribution in [-0.2, 0) is 11.3 Å². The number of anilines is 1. The first-order valence-electron chi connectivity index (χ1n) is 8.04. The Bertz CT molecular complexity index is 949. The second kappa shape index (κ2) is 5.63. The Balaban J connectivity index is 1.49. The average molecular weight is 353 g/mol. The van der Waals surface area contributed by atoms with Gasteiger partial charge in [0.05, 0.1) is 12.7 Å². The fraction of sp³-hybridized carbons (Fsp3) is 0.222. The molecule has 1 atom stereocenters. The summed E-state index contributed by atoms with van der Waals surface area (Å²) in [5, 5.41) is 11.6. The van der Waals surface area contributed by atoms with Gasteiger partial charge in [0.25, 0.3) is 0 Å². The van der Waals surface area contributed by atoms with Crippen LogP contribution in [0.4, 0.5) is 5.82 Å². The van der Waals surface area contributed by atoms with Crippen LogP contribution in [0.3, 0.4) is 0 Å². The second-order valence-electron chi connectivity index (χ2n) is 6.16. The Kier molecular flexibility index (Phi) is 3.27. The van der Waals surface area contributed by atoms with E-state index in [0.717, 1.165) is 28.4 Å². The minimum absolute atomic E-state index is 0.0242. The third-order valence-corrected chi connectivity index (χ3v) is 5.31. The molecule has 126 valence electrons. The molecule has 1 amide bonds. The maximum Gasteiger partial charge on any atom is 0.231 e. The smallest absolute Gasteiger partial charge is 0.231 e. The number of ether oxygens (including phenoxy) is 2. The maximum atomic E-state index is 12.2. The van der Waals surface area contributed by atoms with E-state index in [1.54, 1.807) is 11.3 Å². The summed E-state index contributed by atoms with van der Waals surface area (Å²) in [5.41, 5.74) is 3.28. The van der Waals surface area contributed by atoms with Crippen LogP contribution < -0.4 is 14.8 Å². The molecular formula is C18H15N3O3S. The van der Waals surface area contributed by atoms with E-state index in [1.807, 2.05) is 34.5 Å². The molecule has 4 heterocycles. The number of amides is 1. The highest BCUT2D eigenvalue weighted by atomic mass is 32.1. The van der Waals surface area contributed by atoms with E-state index in [0.29, 0.717) is 13.0 Å². The van der Waals surface area contributed by atoms with Crippen LogP contribution in [0.1, 0.15) is 29.0 Å². The quantitative estimate of drug-likeness (QED) is 0.785. The van der Waals surface area contributed by atoms with Crippen molar-refractivity contribution < 1.29 is 14.3 Å². The molecule has 25 heavy (non-hydrogen) atoms. The Hall–Kier alpha value is -2.80. The zero-order valence-electron chi connectivity index (χ0n) is 13.3. The van der Waals surface area contributed by atoms with Crippen molar-refractivity contribution in [2.24, 2.45) is 0 Å². The maximum absolute atomic E-state index is 12.2. The van der Waals surface area contributed by atoms with Gasteiger partial charge in [-0.15, -0.1) is 0 Å². The fourth-order valence-corrected chi connectivity index (χ4v) is 4.09. The Morgan fingerprint density at radius 3 is 3.08 bits per heavy atom. The van der Waals surface area contributed by atoms with E-state index in [4.69, 9.17) is 9.47 Å². The third kappa shape index (κ3) is 2.47. The minimum atomic E-state index is 0.0242. The van der Waals surface area contributed by atoms with Gasteiger partial charge >= 0.3 is 0 Å². The van der Waals surface area contributed by atoms with Crippen molar-refractivity contribution in [3.63, 3.8) is 0 Å². The number of rotatable bonds is 3. The van der Waals surface area contributed by atoms with Gasteiger partial charge in [-0.05, 0) is 40.1 Å². The van der Waals surface area contributed by atoms with Crippen molar-refractivity contribution in [3.8, 4) is 11.5 Å². The molecule has 5 rings (SSSR count).